The SMILES string of the molecule is CN(C(=O)CNC(=O)NC1CCCCC1)C1CC2CCC(C1)N2. The number of carbonyl (C=O) groups excluding carboxylic acids is 2. The van der Waals surface area contributed by atoms with Crippen LogP contribution in [0.5, 0.6) is 0 Å². The number of carbonyl (C=O) groups is 2. The molecule has 2 saturated heterocycles. The molecule has 23 heavy (non-hydrogen) atoms. The third-order valence-corrected chi connectivity index (χ3v) is 5.73. The Morgan fingerprint density at radius 2 is 1.70 bits per heavy atom. The van der Waals surface area contributed by atoms with E-state index in [1.165, 1.54) is 32.1 Å². The fourth-order valence-corrected chi connectivity index (χ4v) is 4.31. The van der Waals surface area contributed by atoms with Crippen LogP contribution in [0.15, 0.2) is 0 Å². The molecule has 3 fully saturated rings. The molecule has 6 nitrogen and oxygen atoms in total. The second-order valence-electron chi connectivity index (χ2n) is 7.43. The highest BCUT2D eigenvalue weighted by atomic mass is 16.2. The first-order chi connectivity index (χ1) is 11.1. The second kappa shape index (κ2) is 7.51. The average Bonchev–Trinajstić information content (AvgIpc) is 2.91. The van der Waals surface area contributed by atoms with E-state index in [1.54, 1.807) is 0 Å². The van der Waals surface area contributed by atoms with Gasteiger partial charge in [0.05, 0.1) is 6.54 Å². The third-order valence-electron chi connectivity index (χ3n) is 5.73. The number of rotatable bonds is 4. The molecule has 2 heterocycles. The first kappa shape index (κ1) is 16.6. The van der Waals surface area contributed by atoms with Crippen molar-refractivity contribution in [1.29, 1.82) is 0 Å². The number of nitrogens with zero attached hydrogens (tertiary/aromatic N) is 1. The topological polar surface area (TPSA) is 73.5 Å². The molecule has 3 amide bonds. The molecule has 6 heteroatoms. The van der Waals surface area contributed by atoms with Crippen molar-refractivity contribution in [3.8, 4) is 0 Å². The summed E-state index contributed by atoms with van der Waals surface area (Å²) < 4.78 is 0. The Hall–Kier alpha value is -1.30. The molecule has 3 N–H and O–H groups in total. The van der Waals surface area contributed by atoms with Crippen molar-refractivity contribution in [2.45, 2.75) is 82.0 Å². The Bertz CT molecular complexity index is 424. The molecule has 0 aromatic carbocycles. The zero-order chi connectivity index (χ0) is 16.2. The fourth-order valence-electron chi connectivity index (χ4n) is 4.31. The van der Waals surface area contributed by atoms with E-state index < -0.39 is 0 Å². The van der Waals surface area contributed by atoms with Gasteiger partial charge in [-0.15, -0.1) is 0 Å². The van der Waals surface area contributed by atoms with Crippen molar-refractivity contribution in [2.75, 3.05) is 13.6 Å². The van der Waals surface area contributed by atoms with Crippen molar-refractivity contribution in [2.24, 2.45) is 0 Å². The van der Waals surface area contributed by atoms with Crippen molar-refractivity contribution < 1.29 is 9.59 Å². The highest BCUT2D eigenvalue weighted by Crippen LogP contribution is 2.29. The Labute approximate surface area is 138 Å². The fraction of sp³-hybridized carbons (Fsp3) is 0.882. The van der Waals surface area contributed by atoms with Gasteiger partial charge >= 0.3 is 6.03 Å². The first-order valence-corrected chi connectivity index (χ1v) is 9.18. The van der Waals surface area contributed by atoms with E-state index in [0.29, 0.717) is 18.1 Å². The van der Waals surface area contributed by atoms with Crippen LogP contribution in [0.3, 0.4) is 0 Å². The molecule has 3 aliphatic rings. The Balaban J connectivity index is 1.39. The van der Waals surface area contributed by atoms with E-state index in [1.807, 2.05) is 11.9 Å². The predicted octanol–water partition coefficient (Wildman–Crippen LogP) is 1.36. The van der Waals surface area contributed by atoms with Crippen LogP contribution in [-0.2, 0) is 4.79 Å². The molecule has 2 bridgehead atoms. The van der Waals surface area contributed by atoms with Crippen molar-refractivity contribution in [3.05, 3.63) is 0 Å². The van der Waals surface area contributed by atoms with E-state index in [2.05, 4.69) is 16.0 Å². The molecule has 2 aliphatic heterocycles. The quantitative estimate of drug-likeness (QED) is 0.732. The van der Waals surface area contributed by atoms with E-state index >= 15 is 0 Å². The highest BCUT2D eigenvalue weighted by Gasteiger charge is 2.36. The standard InChI is InChI=1S/C17H30N4O2/c1-21(15-9-13-7-8-14(10-15)19-13)16(22)11-18-17(23)20-12-5-3-2-4-6-12/h12-15,19H,2-11H2,1H3,(H2,18,20,23). The summed E-state index contributed by atoms with van der Waals surface area (Å²) in [5.41, 5.74) is 0. The predicted molar refractivity (Wildman–Crippen MR) is 89.1 cm³/mol. The van der Waals surface area contributed by atoms with Crippen molar-refractivity contribution in [1.82, 2.24) is 20.9 Å². The maximum absolute atomic E-state index is 12.3. The van der Waals surface area contributed by atoms with Crippen LogP contribution in [0, 0.1) is 0 Å². The summed E-state index contributed by atoms with van der Waals surface area (Å²) in [5, 5.41) is 9.31. The summed E-state index contributed by atoms with van der Waals surface area (Å²) in [7, 11) is 1.87. The van der Waals surface area contributed by atoms with Crippen molar-refractivity contribution >= 4 is 11.9 Å². The Morgan fingerprint density at radius 3 is 2.35 bits per heavy atom. The van der Waals surface area contributed by atoms with Gasteiger partial charge in [0.2, 0.25) is 5.91 Å². The van der Waals surface area contributed by atoms with Crippen LogP contribution in [0.25, 0.3) is 0 Å². The highest BCUT2D eigenvalue weighted by molar-refractivity contribution is 5.84. The number of amides is 3. The van der Waals surface area contributed by atoms with Crippen molar-refractivity contribution in [3.63, 3.8) is 0 Å². The van der Waals surface area contributed by atoms with E-state index in [0.717, 1.165) is 25.7 Å². The summed E-state index contributed by atoms with van der Waals surface area (Å²) in [4.78, 5) is 26.1. The molecule has 2 unspecified atom stereocenters. The van der Waals surface area contributed by atoms with E-state index in [9.17, 15) is 9.59 Å². The van der Waals surface area contributed by atoms with Gasteiger partial charge in [-0.05, 0) is 38.5 Å². The lowest BCUT2D eigenvalue weighted by Crippen LogP contribution is -2.52. The molecule has 1 aliphatic carbocycles. The molecule has 0 aromatic rings. The van der Waals surface area contributed by atoms with Crippen LogP contribution >= 0.6 is 0 Å². The number of piperidine rings is 1. The number of hydrogen-bond acceptors (Lipinski definition) is 3. The number of hydrogen-bond donors (Lipinski definition) is 3. The van der Waals surface area contributed by atoms with Gasteiger partial charge in [-0.3, -0.25) is 4.79 Å². The summed E-state index contributed by atoms with van der Waals surface area (Å²) in [6.07, 6.45) is 10.3. The van der Waals surface area contributed by atoms with E-state index in [-0.39, 0.29) is 24.5 Å². The van der Waals surface area contributed by atoms with Crippen LogP contribution < -0.4 is 16.0 Å². The molecular formula is C17H30N4O2. The van der Waals surface area contributed by atoms with Gasteiger partial charge in [-0.1, -0.05) is 19.3 Å². The number of nitrogens with one attached hydrogen (secondary N) is 3. The summed E-state index contributed by atoms with van der Waals surface area (Å²) in [6.45, 7) is 0.0916. The zero-order valence-electron chi connectivity index (χ0n) is 14.1. The van der Waals surface area contributed by atoms with E-state index in [4.69, 9.17) is 0 Å². The van der Waals surface area contributed by atoms with Gasteiger partial charge in [-0.25, -0.2) is 4.79 Å². The summed E-state index contributed by atoms with van der Waals surface area (Å²) in [5.74, 6) is 0.00935. The molecule has 130 valence electrons. The molecular weight excluding hydrogens is 292 g/mol. The van der Waals surface area contributed by atoms with Gasteiger partial charge in [0.1, 0.15) is 0 Å². The lowest BCUT2D eigenvalue weighted by molar-refractivity contribution is -0.131. The van der Waals surface area contributed by atoms with Gasteiger partial charge in [0.25, 0.3) is 0 Å². The molecule has 0 spiro atoms. The maximum Gasteiger partial charge on any atom is 0.315 e. The lowest BCUT2D eigenvalue weighted by Gasteiger charge is -2.35. The van der Waals surface area contributed by atoms with Crippen LogP contribution in [0.1, 0.15) is 57.8 Å². The van der Waals surface area contributed by atoms with Gasteiger partial charge < -0.3 is 20.9 Å². The molecule has 0 aromatic heterocycles. The first-order valence-electron chi connectivity index (χ1n) is 9.18. The van der Waals surface area contributed by atoms with Gasteiger partial charge in [0.15, 0.2) is 0 Å². The smallest absolute Gasteiger partial charge is 0.315 e. The molecule has 0 radical (unpaired) electrons. The minimum atomic E-state index is -0.205. The van der Waals surface area contributed by atoms with Crippen LogP contribution in [-0.4, -0.2) is 54.6 Å². The third kappa shape index (κ3) is 4.37. The minimum absolute atomic E-state index is 0.00935. The molecule has 3 rings (SSSR count). The number of likely N-dealkylation sites (N-methyl/N-ethyl adjacent to an activating group) is 1. The molecule has 1 saturated carbocycles. The maximum atomic E-state index is 12.3. The lowest BCUT2D eigenvalue weighted by atomic mass is 9.96. The number of urea groups is 1. The molecule has 2 atom stereocenters. The van der Waals surface area contributed by atoms with Crippen LogP contribution in [0.2, 0.25) is 0 Å². The Morgan fingerprint density at radius 1 is 1.04 bits per heavy atom. The van der Waals surface area contributed by atoms with Gasteiger partial charge in [-0.2, -0.15) is 0 Å². The zero-order valence-corrected chi connectivity index (χ0v) is 14.1. The summed E-state index contributed by atoms with van der Waals surface area (Å²) >= 11 is 0. The number of fused-ring (bicyclic) bond motifs is 2. The largest absolute Gasteiger partial charge is 0.341 e. The van der Waals surface area contributed by atoms with Crippen LogP contribution in [0.4, 0.5) is 4.79 Å². The monoisotopic (exact) mass is 322 g/mol. The summed E-state index contributed by atoms with van der Waals surface area (Å²) in [6, 6.07) is 1.51. The minimum Gasteiger partial charge on any atom is -0.341 e. The Kier molecular flexibility index (Phi) is 5.41. The second-order valence-corrected chi connectivity index (χ2v) is 7.43. The normalized spacial score (nSPS) is 30.7. The average molecular weight is 322 g/mol. The van der Waals surface area contributed by atoms with Gasteiger partial charge in [0, 0.05) is 31.2 Å².